The van der Waals surface area contributed by atoms with Crippen molar-refractivity contribution in [3.8, 4) is 5.75 Å². The zero-order valence-corrected chi connectivity index (χ0v) is 16.3. The summed E-state index contributed by atoms with van der Waals surface area (Å²) in [6.07, 6.45) is 1.73. The van der Waals surface area contributed by atoms with E-state index in [0.29, 0.717) is 24.5 Å². The first-order valence-corrected chi connectivity index (χ1v) is 8.91. The summed E-state index contributed by atoms with van der Waals surface area (Å²) in [5.41, 5.74) is 2.61. The summed E-state index contributed by atoms with van der Waals surface area (Å²) in [5, 5.41) is 9.01. The van der Waals surface area contributed by atoms with Crippen molar-refractivity contribution in [1.29, 1.82) is 0 Å². The maximum atomic E-state index is 12.6. The quantitative estimate of drug-likeness (QED) is 0.608. The van der Waals surface area contributed by atoms with E-state index < -0.39 is 0 Å². The van der Waals surface area contributed by atoms with Crippen LogP contribution in [0.3, 0.4) is 0 Å². The molecule has 0 radical (unpaired) electrons. The molecule has 2 aromatic carbocycles. The Labute approximate surface area is 164 Å². The van der Waals surface area contributed by atoms with Crippen LogP contribution in [-0.4, -0.2) is 42.0 Å². The highest BCUT2D eigenvalue weighted by Crippen LogP contribution is 2.19. The van der Waals surface area contributed by atoms with Crippen LogP contribution in [0.5, 0.6) is 5.75 Å². The van der Waals surface area contributed by atoms with Crippen molar-refractivity contribution < 1.29 is 14.4 Å². The Balaban J connectivity index is 1.82. The first-order chi connectivity index (χ1) is 13.6. The van der Waals surface area contributed by atoms with Gasteiger partial charge >= 0.3 is 0 Å². The molecular weight excluding hydrogens is 356 g/mol. The number of hydrogen-bond donors (Lipinski definition) is 1. The van der Waals surface area contributed by atoms with Crippen molar-refractivity contribution in [1.82, 2.24) is 14.8 Å². The van der Waals surface area contributed by atoms with E-state index in [1.807, 2.05) is 54.6 Å². The molecule has 0 saturated carbocycles. The van der Waals surface area contributed by atoms with E-state index in [0.717, 1.165) is 16.9 Å². The molecule has 7 nitrogen and oxygen atoms in total. The van der Waals surface area contributed by atoms with Gasteiger partial charge in [-0.3, -0.25) is 14.3 Å². The Bertz CT molecular complexity index is 907. The van der Waals surface area contributed by atoms with Gasteiger partial charge in [-0.25, -0.2) is 5.06 Å². The van der Waals surface area contributed by atoms with Crippen LogP contribution in [0, 0.1) is 0 Å². The minimum Gasteiger partial charge on any atom is -0.497 e. The Kier molecular flexibility index (Phi) is 6.29. The molecule has 0 saturated heterocycles. The number of benzene rings is 2. The fraction of sp³-hybridized carbons (Fsp3) is 0.238. The van der Waals surface area contributed by atoms with E-state index in [-0.39, 0.29) is 5.91 Å². The number of rotatable bonds is 8. The third-order valence-electron chi connectivity index (χ3n) is 4.36. The summed E-state index contributed by atoms with van der Waals surface area (Å²) in [4.78, 5) is 17.7. The Morgan fingerprint density at radius 2 is 1.79 bits per heavy atom. The van der Waals surface area contributed by atoms with Crippen molar-refractivity contribution in [3.63, 3.8) is 0 Å². The maximum absolute atomic E-state index is 12.6. The zero-order valence-electron chi connectivity index (χ0n) is 16.3. The molecule has 0 bridgehead atoms. The first kappa shape index (κ1) is 19.4. The number of carbonyl (C=O) groups excluding carboxylic acids is 1. The van der Waals surface area contributed by atoms with Gasteiger partial charge in [-0.2, -0.15) is 5.10 Å². The number of hydroxylamine groups is 2. The first-order valence-electron chi connectivity index (χ1n) is 8.91. The van der Waals surface area contributed by atoms with Crippen molar-refractivity contribution in [2.75, 3.05) is 26.6 Å². The predicted octanol–water partition coefficient (Wildman–Crippen LogP) is 3.19. The fourth-order valence-electron chi connectivity index (χ4n) is 2.74. The second-order valence-electron chi connectivity index (χ2n) is 6.26. The average Bonchev–Trinajstić information content (AvgIpc) is 3.15. The number of anilines is 1. The lowest BCUT2D eigenvalue weighted by molar-refractivity contribution is -0.0756. The maximum Gasteiger partial charge on any atom is 0.282 e. The molecule has 0 fully saturated rings. The van der Waals surface area contributed by atoms with Gasteiger partial charge in [0.15, 0.2) is 5.82 Å². The number of aromatic nitrogens is 2. The molecule has 0 aliphatic carbocycles. The molecule has 1 aromatic heterocycles. The number of carbonyl (C=O) groups is 1. The molecule has 0 aliphatic rings. The summed E-state index contributed by atoms with van der Waals surface area (Å²) in [5.74, 6) is 1.05. The number of nitrogens with zero attached hydrogens (tertiary/aromatic N) is 3. The van der Waals surface area contributed by atoms with E-state index in [1.165, 1.54) is 12.2 Å². The third-order valence-corrected chi connectivity index (χ3v) is 4.36. The molecule has 0 spiro atoms. The molecule has 1 N–H and O–H groups in total. The number of amides is 1. The van der Waals surface area contributed by atoms with E-state index in [1.54, 1.807) is 25.0 Å². The lowest BCUT2D eigenvalue weighted by Crippen LogP contribution is -2.25. The predicted molar refractivity (Wildman–Crippen MR) is 107 cm³/mol. The number of hydrogen-bond acceptors (Lipinski definition) is 5. The van der Waals surface area contributed by atoms with Crippen LogP contribution in [-0.2, 0) is 17.9 Å². The van der Waals surface area contributed by atoms with E-state index >= 15 is 0 Å². The summed E-state index contributed by atoms with van der Waals surface area (Å²) in [6, 6.07) is 17.7. The molecule has 3 rings (SSSR count). The minimum absolute atomic E-state index is 0.265. The van der Waals surface area contributed by atoms with Crippen LogP contribution >= 0.6 is 0 Å². The van der Waals surface area contributed by atoms with Crippen molar-refractivity contribution in [2.45, 2.75) is 13.1 Å². The topological polar surface area (TPSA) is 68.6 Å². The molecule has 28 heavy (non-hydrogen) atoms. The second kappa shape index (κ2) is 9.05. The SMILES string of the molecule is COc1ccc(Cn2cc(C(=O)N(C)OC)c(NCc3ccccc3)n2)cc1. The van der Waals surface area contributed by atoms with Gasteiger partial charge in [-0.05, 0) is 23.3 Å². The highest BCUT2D eigenvalue weighted by atomic mass is 16.7. The largest absolute Gasteiger partial charge is 0.497 e. The van der Waals surface area contributed by atoms with Crippen LogP contribution in [0.4, 0.5) is 5.82 Å². The molecule has 0 aliphatic heterocycles. The Morgan fingerprint density at radius 1 is 1.07 bits per heavy atom. The molecule has 7 heteroatoms. The molecule has 1 amide bonds. The average molecular weight is 380 g/mol. The third kappa shape index (κ3) is 4.69. The van der Waals surface area contributed by atoms with Gasteiger partial charge in [0.25, 0.3) is 5.91 Å². The van der Waals surface area contributed by atoms with Gasteiger partial charge in [0.2, 0.25) is 0 Å². The van der Waals surface area contributed by atoms with E-state index in [4.69, 9.17) is 9.57 Å². The van der Waals surface area contributed by atoms with Crippen LogP contribution in [0.25, 0.3) is 0 Å². The molecular formula is C21H24N4O3. The lowest BCUT2D eigenvalue weighted by atomic mass is 10.2. The summed E-state index contributed by atoms with van der Waals surface area (Å²) in [6.45, 7) is 1.10. The smallest absolute Gasteiger partial charge is 0.282 e. The van der Waals surface area contributed by atoms with Gasteiger partial charge in [0.1, 0.15) is 11.3 Å². The molecule has 0 unspecified atom stereocenters. The van der Waals surface area contributed by atoms with Crippen LogP contribution < -0.4 is 10.1 Å². The van der Waals surface area contributed by atoms with Crippen molar-refractivity contribution in [3.05, 3.63) is 77.5 Å². The lowest BCUT2D eigenvalue weighted by Gasteiger charge is -2.13. The highest BCUT2D eigenvalue weighted by molar-refractivity contribution is 5.97. The second-order valence-corrected chi connectivity index (χ2v) is 6.26. The molecule has 146 valence electrons. The van der Waals surface area contributed by atoms with Crippen molar-refractivity contribution in [2.24, 2.45) is 0 Å². The van der Waals surface area contributed by atoms with E-state index in [9.17, 15) is 4.79 Å². The van der Waals surface area contributed by atoms with Crippen LogP contribution in [0.2, 0.25) is 0 Å². The molecule has 3 aromatic rings. The minimum atomic E-state index is -0.265. The Hall–Kier alpha value is -3.32. The monoisotopic (exact) mass is 380 g/mol. The normalized spacial score (nSPS) is 10.5. The molecule has 0 atom stereocenters. The van der Waals surface area contributed by atoms with Crippen molar-refractivity contribution >= 4 is 11.7 Å². The van der Waals surface area contributed by atoms with Gasteiger partial charge in [0, 0.05) is 19.8 Å². The van der Waals surface area contributed by atoms with Crippen LogP contribution in [0.1, 0.15) is 21.5 Å². The van der Waals surface area contributed by atoms with Gasteiger partial charge in [-0.15, -0.1) is 0 Å². The van der Waals surface area contributed by atoms with Gasteiger partial charge < -0.3 is 10.1 Å². The van der Waals surface area contributed by atoms with Gasteiger partial charge in [-0.1, -0.05) is 42.5 Å². The van der Waals surface area contributed by atoms with E-state index in [2.05, 4.69) is 10.4 Å². The number of nitrogens with one attached hydrogen (secondary N) is 1. The summed E-state index contributed by atoms with van der Waals surface area (Å²) in [7, 11) is 4.66. The zero-order chi connectivity index (χ0) is 19.9. The number of methoxy groups -OCH3 is 1. The molecule has 1 heterocycles. The van der Waals surface area contributed by atoms with Crippen LogP contribution in [0.15, 0.2) is 60.8 Å². The fourth-order valence-corrected chi connectivity index (χ4v) is 2.74. The van der Waals surface area contributed by atoms with Gasteiger partial charge in [0.05, 0.1) is 20.8 Å². The highest BCUT2D eigenvalue weighted by Gasteiger charge is 2.20. The standard InChI is InChI=1S/C21H24N4O3/c1-24(28-3)21(26)19-15-25(14-17-9-11-18(27-2)12-10-17)23-20(19)22-13-16-7-5-4-6-8-16/h4-12,15H,13-14H2,1-3H3,(H,22,23). The summed E-state index contributed by atoms with van der Waals surface area (Å²) < 4.78 is 6.93. The Morgan fingerprint density at radius 3 is 2.43 bits per heavy atom. The number of ether oxygens (including phenoxy) is 1. The summed E-state index contributed by atoms with van der Waals surface area (Å²) >= 11 is 0.